The van der Waals surface area contributed by atoms with Crippen molar-refractivity contribution < 1.29 is 4.74 Å². The summed E-state index contributed by atoms with van der Waals surface area (Å²) in [6, 6.07) is 14.7. The molecule has 2 aromatic rings. The summed E-state index contributed by atoms with van der Waals surface area (Å²) in [7, 11) is 1.63. The van der Waals surface area contributed by atoms with Crippen LogP contribution in [0.25, 0.3) is 0 Å². The number of likely N-dealkylation sites (tertiary alicyclic amines) is 1. The van der Waals surface area contributed by atoms with Crippen molar-refractivity contribution in [3.63, 3.8) is 0 Å². The van der Waals surface area contributed by atoms with Gasteiger partial charge in [0.05, 0.1) is 12.1 Å². The van der Waals surface area contributed by atoms with Crippen molar-refractivity contribution in [2.24, 2.45) is 0 Å². The highest BCUT2D eigenvalue weighted by atomic mass is 35.5. The Hall–Kier alpha value is -1.26. The lowest BCUT2D eigenvalue weighted by atomic mass is 10.1. The van der Waals surface area contributed by atoms with Crippen molar-refractivity contribution in [3.05, 3.63) is 63.6 Å². The first-order valence-corrected chi connectivity index (χ1v) is 8.93. The molecule has 0 radical (unpaired) electrons. The van der Waals surface area contributed by atoms with Crippen LogP contribution in [-0.2, 0) is 13.1 Å². The second-order valence-electron chi connectivity index (χ2n) is 6.17. The summed E-state index contributed by atoms with van der Waals surface area (Å²) in [5.41, 5.74) is 2.36. The fourth-order valence-electron chi connectivity index (χ4n) is 3.21. The zero-order chi connectivity index (χ0) is 16.9. The van der Waals surface area contributed by atoms with E-state index in [0.29, 0.717) is 28.4 Å². The number of nitrogens with zero attached hydrogens (tertiary/aromatic N) is 1. The molecule has 1 unspecified atom stereocenters. The summed E-state index contributed by atoms with van der Waals surface area (Å²) >= 11 is 12.3. The van der Waals surface area contributed by atoms with Gasteiger partial charge >= 0.3 is 0 Å². The zero-order valence-corrected chi connectivity index (χ0v) is 15.3. The van der Waals surface area contributed by atoms with Crippen LogP contribution in [0.5, 0.6) is 5.75 Å². The molecule has 1 aliphatic heterocycles. The Morgan fingerprint density at radius 1 is 1.21 bits per heavy atom. The topological polar surface area (TPSA) is 24.5 Å². The minimum Gasteiger partial charge on any atom is -0.495 e. The number of hydrogen-bond acceptors (Lipinski definition) is 3. The maximum absolute atomic E-state index is 6.20. The van der Waals surface area contributed by atoms with Gasteiger partial charge < -0.3 is 10.1 Å². The smallest absolute Gasteiger partial charge is 0.142 e. The SMILES string of the molecule is COc1c(Cl)cc(Cl)cc1CNC1CCN(Cc2ccccc2)C1. The van der Waals surface area contributed by atoms with E-state index in [9.17, 15) is 0 Å². The highest BCUT2D eigenvalue weighted by molar-refractivity contribution is 6.35. The summed E-state index contributed by atoms with van der Waals surface area (Å²) < 4.78 is 5.41. The van der Waals surface area contributed by atoms with Gasteiger partial charge in [-0.3, -0.25) is 4.90 Å². The van der Waals surface area contributed by atoms with Crippen molar-refractivity contribution >= 4 is 23.2 Å². The minimum absolute atomic E-state index is 0.469. The van der Waals surface area contributed by atoms with Crippen LogP contribution in [0.4, 0.5) is 0 Å². The lowest BCUT2D eigenvalue weighted by molar-refractivity contribution is 0.319. The molecule has 3 rings (SSSR count). The largest absolute Gasteiger partial charge is 0.495 e. The van der Waals surface area contributed by atoms with E-state index in [1.54, 1.807) is 13.2 Å². The molecule has 0 bridgehead atoms. The van der Waals surface area contributed by atoms with Gasteiger partial charge in [-0.15, -0.1) is 0 Å². The predicted molar refractivity (Wildman–Crippen MR) is 100.0 cm³/mol. The minimum atomic E-state index is 0.469. The van der Waals surface area contributed by atoms with Crippen LogP contribution in [0.1, 0.15) is 17.5 Å². The summed E-state index contributed by atoms with van der Waals surface area (Å²) in [6.45, 7) is 3.87. The van der Waals surface area contributed by atoms with Gasteiger partial charge in [-0.2, -0.15) is 0 Å². The normalized spacial score (nSPS) is 18.0. The number of hydrogen-bond donors (Lipinski definition) is 1. The van der Waals surface area contributed by atoms with E-state index in [2.05, 4.69) is 40.5 Å². The fourth-order valence-corrected chi connectivity index (χ4v) is 3.83. The number of ether oxygens (including phenoxy) is 1. The van der Waals surface area contributed by atoms with Gasteiger partial charge in [-0.05, 0) is 24.1 Å². The lowest BCUT2D eigenvalue weighted by Crippen LogP contribution is -2.32. The van der Waals surface area contributed by atoms with Crippen LogP contribution >= 0.6 is 23.2 Å². The molecule has 1 heterocycles. The number of nitrogens with one attached hydrogen (secondary N) is 1. The first-order valence-electron chi connectivity index (χ1n) is 8.17. The number of benzene rings is 2. The summed E-state index contributed by atoms with van der Waals surface area (Å²) in [5, 5.41) is 4.79. The number of halogens is 2. The predicted octanol–water partition coefficient (Wildman–Crippen LogP) is 4.37. The van der Waals surface area contributed by atoms with Gasteiger partial charge in [0.1, 0.15) is 5.75 Å². The molecule has 5 heteroatoms. The first-order chi connectivity index (χ1) is 11.7. The maximum atomic E-state index is 6.20. The molecule has 1 fully saturated rings. The van der Waals surface area contributed by atoms with Gasteiger partial charge in [0.15, 0.2) is 0 Å². The maximum Gasteiger partial charge on any atom is 0.142 e. The molecule has 1 atom stereocenters. The monoisotopic (exact) mass is 364 g/mol. The summed E-state index contributed by atoms with van der Waals surface area (Å²) in [4.78, 5) is 2.48. The number of rotatable bonds is 6. The van der Waals surface area contributed by atoms with Crippen LogP contribution < -0.4 is 10.1 Å². The molecule has 0 amide bonds. The van der Waals surface area contributed by atoms with Crippen LogP contribution in [-0.4, -0.2) is 31.1 Å². The summed E-state index contributed by atoms with van der Waals surface area (Å²) in [5.74, 6) is 0.702. The average molecular weight is 365 g/mol. The molecule has 0 spiro atoms. The third kappa shape index (κ3) is 4.42. The molecule has 1 N–H and O–H groups in total. The molecule has 24 heavy (non-hydrogen) atoms. The first kappa shape index (κ1) is 17.6. The van der Waals surface area contributed by atoms with Crippen LogP contribution in [0.15, 0.2) is 42.5 Å². The number of methoxy groups -OCH3 is 1. The van der Waals surface area contributed by atoms with Gasteiger partial charge in [-0.25, -0.2) is 0 Å². The molecule has 0 aromatic heterocycles. The molecule has 0 aliphatic carbocycles. The van der Waals surface area contributed by atoms with E-state index in [4.69, 9.17) is 27.9 Å². The molecule has 3 nitrogen and oxygen atoms in total. The fraction of sp³-hybridized carbons (Fsp3) is 0.368. The van der Waals surface area contributed by atoms with E-state index in [1.807, 2.05) is 6.07 Å². The third-order valence-corrected chi connectivity index (χ3v) is 4.89. The Morgan fingerprint density at radius 3 is 2.75 bits per heavy atom. The van der Waals surface area contributed by atoms with E-state index in [1.165, 1.54) is 5.56 Å². The van der Waals surface area contributed by atoms with Crippen molar-refractivity contribution in [2.45, 2.75) is 25.6 Å². The Labute approximate surface area is 153 Å². The van der Waals surface area contributed by atoms with Gasteiger partial charge in [-0.1, -0.05) is 53.5 Å². The van der Waals surface area contributed by atoms with Crippen LogP contribution in [0, 0.1) is 0 Å². The van der Waals surface area contributed by atoms with E-state index in [0.717, 1.165) is 31.6 Å². The second-order valence-corrected chi connectivity index (χ2v) is 7.01. The van der Waals surface area contributed by atoms with Crippen LogP contribution in [0.2, 0.25) is 10.0 Å². The Kier molecular flexibility index (Phi) is 6.01. The van der Waals surface area contributed by atoms with Crippen LogP contribution in [0.3, 0.4) is 0 Å². The van der Waals surface area contributed by atoms with Crippen molar-refractivity contribution in [1.82, 2.24) is 10.2 Å². The molecule has 1 saturated heterocycles. The van der Waals surface area contributed by atoms with Crippen molar-refractivity contribution in [1.29, 1.82) is 0 Å². The Bertz CT molecular complexity index is 679. The average Bonchev–Trinajstić information content (AvgIpc) is 3.01. The lowest BCUT2D eigenvalue weighted by Gasteiger charge is -2.18. The van der Waals surface area contributed by atoms with E-state index in [-0.39, 0.29) is 0 Å². The van der Waals surface area contributed by atoms with E-state index < -0.39 is 0 Å². The van der Waals surface area contributed by atoms with Gasteiger partial charge in [0.2, 0.25) is 0 Å². The highest BCUT2D eigenvalue weighted by Crippen LogP contribution is 2.32. The highest BCUT2D eigenvalue weighted by Gasteiger charge is 2.22. The molecule has 128 valence electrons. The Morgan fingerprint density at radius 2 is 2.00 bits per heavy atom. The standard InChI is InChI=1S/C19H22Cl2N2O/c1-24-19-15(9-16(20)10-18(19)21)11-22-17-7-8-23(13-17)12-14-5-3-2-4-6-14/h2-6,9-10,17,22H,7-8,11-13H2,1H3. The Balaban J connectivity index is 1.55. The second kappa shape index (κ2) is 8.21. The molecule has 0 saturated carbocycles. The third-order valence-electron chi connectivity index (χ3n) is 4.39. The molecule has 1 aliphatic rings. The molecular weight excluding hydrogens is 343 g/mol. The molecule has 2 aromatic carbocycles. The van der Waals surface area contributed by atoms with Gasteiger partial charge in [0, 0.05) is 42.8 Å². The molecular formula is C19H22Cl2N2O. The zero-order valence-electron chi connectivity index (χ0n) is 13.8. The summed E-state index contributed by atoms with van der Waals surface area (Å²) in [6.07, 6.45) is 1.14. The van der Waals surface area contributed by atoms with Crippen molar-refractivity contribution in [3.8, 4) is 5.75 Å². The quantitative estimate of drug-likeness (QED) is 0.823. The van der Waals surface area contributed by atoms with Gasteiger partial charge in [0.25, 0.3) is 0 Å². The van der Waals surface area contributed by atoms with E-state index >= 15 is 0 Å². The van der Waals surface area contributed by atoms with Crippen molar-refractivity contribution in [2.75, 3.05) is 20.2 Å².